The van der Waals surface area contributed by atoms with E-state index in [4.69, 9.17) is 14.2 Å². The monoisotopic (exact) mass is 480 g/mol. The SMILES string of the molecule is Cc1[nH]c2ccc(Nc3cc(C(=O)N4CCOCC4)nc(OCCN4CCOCC4)n3)cc2c1C. The van der Waals surface area contributed by atoms with Crippen LogP contribution in [0.4, 0.5) is 11.5 Å². The molecular weight excluding hydrogens is 448 g/mol. The Hall–Kier alpha value is -3.21. The van der Waals surface area contributed by atoms with Gasteiger partial charge < -0.3 is 29.4 Å². The fraction of sp³-hybridized carbons (Fsp3) is 0.480. The standard InChI is InChI=1S/C25H32N6O4/c1-17-18(2)26-21-4-3-19(15-20(17)21)27-23-16-22(24(32)31-8-12-34-13-9-31)28-25(29-23)35-14-7-30-5-10-33-11-6-30/h3-4,15-16,26H,5-14H2,1-2H3,(H,27,28,29). The van der Waals surface area contributed by atoms with Crippen LogP contribution in [0.1, 0.15) is 21.7 Å². The largest absolute Gasteiger partial charge is 0.462 e. The van der Waals surface area contributed by atoms with Crippen LogP contribution >= 0.6 is 0 Å². The lowest BCUT2D eigenvalue weighted by Gasteiger charge is -2.27. The number of nitrogens with one attached hydrogen (secondary N) is 2. The highest BCUT2D eigenvalue weighted by atomic mass is 16.5. The van der Waals surface area contributed by atoms with Crippen molar-refractivity contribution in [3.05, 3.63) is 41.2 Å². The Bertz CT molecular complexity index is 1180. The number of anilines is 2. The second-order valence-electron chi connectivity index (χ2n) is 8.89. The minimum absolute atomic E-state index is 0.149. The summed E-state index contributed by atoms with van der Waals surface area (Å²) in [5.41, 5.74) is 4.63. The van der Waals surface area contributed by atoms with Crippen LogP contribution < -0.4 is 10.1 Å². The van der Waals surface area contributed by atoms with Crippen LogP contribution in [0.15, 0.2) is 24.3 Å². The van der Waals surface area contributed by atoms with Crippen LogP contribution in [0.5, 0.6) is 6.01 Å². The van der Waals surface area contributed by atoms with Crippen molar-refractivity contribution in [2.75, 3.05) is 71.1 Å². The third-order valence-corrected chi connectivity index (χ3v) is 6.55. The van der Waals surface area contributed by atoms with Gasteiger partial charge in [-0.1, -0.05) is 0 Å². The Morgan fingerprint density at radius 1 is 1.06 bits per heavy atom. The predicted molar refractivity (Wildman–Crippen MR) is 133 cm³/mol. The molecule has 1 amide bonds. The smallest absolute Gasteiger partial charge is 0.319 e. The number of H-pyrrole nitrogens is 1. The van der Waals surface area contributed by atoms with Crippen LogP contribution in [0.3, 0.4) is 0 Å². The van der Waals surface area contributed by atoms with Gasteiger partial charge in [0, 0.05) is 61.1 Å². The van der Waals surface area contributed by atoms with E-state index >= 15 is 0 Å². The van der Waals surface area contributed by atoms with Gasteiger partial charge >= 0.3 is 6.01 Å². The molecule has 1 aromatic carbocycles. The number of aryl methyl sites for hydroxylation is 2. The van der Waals surface area contributed by atoms with Gasteiger partial charge in [-0.05, 0) is 37.6 Å². The lowest BCUT2D eigenvalue weighted by atomic mass is 10.1. The van der Waals surface area contributed by atoms with Gasteiger partial charge in [0.05, 0.1) is 26.4 Å². The topological polar surface area (TPSA) is 105 Å². The first-order valence-electron chi connectivity index (χ1n) is 12.1. The van der Waals surface area contributed by atoms with E-state index in [1.807, 2.05) is 12.1 Å². The van der Waals surface area contributed by atoms with Crippen LogP contribution in [0.25, 0.3) is 10.9 Å². The Labute approximate surface area is 204 Å². The summed E-state index contributed by atoms with van der Waals surface area (Å²) >= 11 is 0. The van der Waals surface area contributed by atoms with E-state index in [1.54, 1.807) is 11.0 Å². The van der Waals surface area contributed by atoms with Gasteiger partial charge in [0.15, 0.2) is 0 Å². The minimum atomic E-state index is -0.149. The second-order valence-corrected chi connectivity index (χ2v) is 8.89. The number of nitrogens with zero attached hydrogens (tertiary/aromatic N) is 4. The Kier molecular flexibility index (Phi) is 7.12. The normalized spacial score (nSPS) is 17.0. The van der Waals surface area contributed by atoms with Crippen molar-refractivity contribution < 1.29 is 19.0 Å². The molecule has 2 N–H and O–H groups in total. The first-order chi connectivity index (χ1) is 17.1. The molecule has 0 aliphatic carbocycles. The number of carbonyl (C=O) groups is 1. The summed E-state index contributed by atoms with van der Waals surface area (Å²) in [6.45, 7) is 10.7. The molecule has 10 nitrogen and oxygen atoms in total. The van der Waals surface area contributed by atoms with E-state index < -0.39 is 0 Å². The maximum atomic E-state index is 13.2. The molecule has 0 bridgehead atoms. The molecule has 0 spiro atoms. The fourth-order valence-electron chi connectivity index (χ4n) is 4.37. The summed E-state index contributed by atoms with van der Waals surface area (Å²) in [5.74, 6) is 0.367. The van der Waals surface area contributed by atoms with Gasteiger partial charge in [0.1, 0.15) is 18.1 Å². The van der Waals surface area contributed by atoms with Crippen molar-refractivity contribution in [1.29, 1.82) is 0 Å². The molecule has 0 atom stereocenters. The number of hydrogen-bond acceptors (Lipinski definition) is 8. The Balaban J connectivity index is 1.37. The number of hydrogen-bond donors (Lipinski definition) is 2. The summed E-state index contributed by atoms with van der Waals surface area (Å²) < 4.78 is 16.7. The minimum Gasteiger partial charge on any atom is -0.462 e. The molecule has 2 aliphatic heterocycles. The van der Waals surface area contributed by atoms with E-state index in [1.165, 1.54) is 5.56 Å². The molecular formula is C25H32N6O4. The average Bonchev–Trinajstić information content (AvgIpc) is 3.17. The summed E-state index contributed by atoms with van der Waals surface area (Å²) in [5, 5.41) is 4.49. The Morgan fingerprint density at radius 3 is 2.57 bits per heavy atom. The number of carbonyl (C=O) groups excluding carboxylic acids is 1. The van der Waals surface area contributed by atoms with E-state index in [9.17, 15) is 4.79 Å². The van der Waals surface area contributed by atoms with Crippen molar-refractivity contribution in [2.45, 2.75) is 13.8 Å². The van der Waals surface area contributed by atoms with Gasteiger partial charge in [-0.25, -0.2) is 0 Å². The van der Waals surface area contributed by atoms with Crippen molar-refractivity contribution in [3.8, 4) is 6.01 Å². The summed E-state index contributed by atoms with van der Waals surface area (Å²) in [7, 11) is 0. The van der Waals surface area contributed by atoms with Gasteiger partial charge in [0.25, 0.3) is 5.91 Å². The molecule has 35 heavy (non-hydrogen) atoms. The molecule has 2 fully saturated rings. The van der Waals surface area contributed by atoms with Gasteiger partial charge in [-0.15, -0.1) is 0 Å². The average molecular weight is 481 g/mol. The van der Waals surface area contributed by atoms with Crippen molar-refractivity contribution in [2.24, 2.45) is 0 Å². The molecule has 2 saturated heterocycles. The molecule has 5 rings (SSSR count). The highest BCUT2D eigenvalue weighted by Gasteiger charge is 2.22. The lowest BCUT2D eigenvalue weighted by molar-refractivity contribution is 0.0294. The maximum absolute atomic E-state index is 13.2. The molecule has 0 saturated carbocycles. The molecule has 186 valence electrons. The molecule has 10 heteroatoms. The summed E-state index contributed by atoms with van der Waals surface area (Å²) in [6, 6.07) is 7.99. The highest BCUT2D eigenvalue weighted by Crippen LogP contribution is 2.26. The quantitative estimate of drug-likeness (QED) is 0.532. The number of morpholine rings is 2. The number of aromatic nitrogens is 3. The van der Waals surface area contributed by atoms with Crippen molar-refractivity contribution >= 4 is 28.3 Å². The molecule has 2 aliphatic rings. The second kappa shape index (κ2) is 10.6. The third kappa shape index (κ3) is 5.55. The van der Waals surface area contributed by atoms with Crippen molar-refractivity contribution in [3.63, 3.8) is 0 Å². The molecule has 0 unspecified atom stereocenters. The van der Waals surface area contributed by atoms with Gasteiger partial charge in [0.2, 0.25) is 0 Å². The zero-order chi connectivity index (χ0) is 24.2. The van der Waals surface area contributed by atoms with Crippen LogP contribution in [0, 0.1) is 13.8 Å². The van der Waals surface area contributed by atoms with E-state index in [0.717, 1.165) is 55.1 Å². The maximum Gasteiger partial charge on any atom is 0.319 e. The fourth-order valence-corrected chi connectivity index (χ4v) is 4.37. The summed E-state index contributed by atoms with van der Waals surface area (Å²) in [6.07, 6.45) is 0. The Morgan fingerprint density at radius 2 is 1.80 bits per heavy atom. The first-order valence-corrected chi connectivity index (χ1v) is 12.1. The molecule has 3 aromatic rings. The van der Waals surface area contributed by atoms with Crippen molar-refractivity contribution in [1.82, 2.24) is 24.8 Å². The van der Waals surface area contributed by atoms with Crippen LogP contribution in [0.2, 0.25) is 0 Å². The van der Waals surface area contributed by atoms with Gasteiger partial charge in [-0.3, -0.25) is 9.69 Å². The van der Waals surface area contributed by atoms with Crippen LogP contribution in [-0.4, -0.2) is 96.4 Å². The summed E-state index contributed by atoms with van der Waals surface area (Å²) in [4.78, 5) is 29.6. The zero-order valence-electron chi connectivity index (χ0n) is 20.3. The number of aromatic amines is 1. The lowest BCUT2D eigenvalue weighted by Crippen LogP contribution is -2.41. The molecule has 2 aromatic heterocycles. The zero-order valence-corrected chi connectivity index (χ0v) is 20.3. The molecule has 4 heterocycles. The van der Waals surface area contributed by atoms with E-state index in [2.05, 4.69) is 45.1 Å². The number of fused-ring (bicyclic) bond motifs is 1. The number of rotatable bonds is 7. The van der Waals surface area contributed by atoms with E-state index in [0.29, 0.717) is 44.4 Å². The third-order valence-electron chi connectivity index (χ3n) is 6.55. The number of ether oxygens (including phenoxy) is 3. The molecule has 0 radical (unpaired) electrons. The van der Waals surface area contributed by atoms with E-state index in [-0.39, 0.29) is 11.9 Å². The first kappa shape index (κ1) is 23.5. The van der Waals surface area contributed by atoms with Gasteiger partial charge in [-0.2, -0.15) is 9.97 Å². The number of amides is 1. The number of benzene rings is 1. The highest BCUT2D eigenvalue weighted by molar-refractivity contribution is 5.93. The van der Waals surface area contributed by atoms with Crippen LogP contribution in [-0.2, 0) is 9.47 Å². The predicted octanol–water partition coefficient (Wildman–Crippen LogP) is 2.50.